The van der Waals surface area contributed by atoms with E-state index >= 15 is 0 Å². The molecule has 184 valence electrons. The van der Waals surface area contributed by atoms with Gasteiger partial charge in [0.15, 0.2) is 11.3 Å². The van der Waals surface area contributed by atoms with E-state index < -0.39 is 18.0 Å². The maximum atomic E-state index is 13.8. The van der Waals surface area contributed by atoms with Crippen LogP contribution in [0, 0.1) is 5.92 Å². The number of halogens is 2. The predicted octanol–water partition coefficient (Wildman–Crippen LogP) is 3.02. The van der Waals surface area contributed by atoms with Crippen molar-refractivity contribution in [1.29, 1.82) is 0 Å². The molecule has 0 aromatic carbocycles. The minimum atomic E-state index is -2.85. The van der Waals surface area contributed by atoms with Gasteiger partial charge in [-0.25, -0.2) is 18.3 Å². The Labute approximate surface area is 199 Å². The highest BCUT2D eigenvalue weighted by molar-refractivity contribution is 6.08. The van der Waals surface area contributed by atoms with Crippen LogP contribution >= 0.6 is 0 Å². The number of hydrogen-bond acceptors (Lipinski definition) is 7. The van der Waals surface area contributed by atoms with Crippen molar-refractivity contribution in [2.75, 3.05) is 23.4 Å². The summed E-state index contributed by atoms with van der Waals surface area (Å²) in [5.74, 6) is 0.156. The summed E-state index contributed by atoms with van der Waals surface area (Å²) in [5.41, 5.74) is 0.0230. The first-order chi connectivity index (χ1) is 17.0. The third kappa shape index (κ3) is 3.95. The first-order valence-corrected chi connectivity index (χ1v) is 11.9. The van der Waals surface area contributed by atoms with Gasteiger partial charge in [-0.05, 0) is 38.2 Å². The first kappa shape index (κ1) is 22.1. The van der Waals surface area contributed by atoms with Gasteiger partial charge >= 0.3 is 0 Å². The number of nitrogens with zero attached hydrogens (tertiary/aromatic N) is 6. The standard InChI is InChI=1S/C23H25F2N7O3/c24-21(25)20-18(10-32(29-20)14-3-1-13(11-33)2-4-14)27-23(34)17-8-26-31-6-5-19(28-22(17)31)30-9-16-7-15(30)12-35-16/h5-6,8,10-11,13-16,21H,1-4,7,9,12H2,(H,27,34)/t13-,14-,15-,16-/m1/s1. The van der Waals surface area contributed by atoms with Crippen LogP contribution in [0.4, 0.5) is 20.3 Å². The van der Waals surface area contributed by atoms with Gasteiger partial charge in [-0.15, -0.1) is 0 Å². The van der Waals surface area contributed by atoms with Crippen molar-refractivity contribution in [3.05, 3.63) is 35.9 Å². The maximum absolute atomic E-state index is 13.8. The molecule has 1 N–H and O–H groups in total. The summed E-state index contributed by atoms with van der Waals surface area (Å²) in [4.78, 5) is 31.0. The number of rotatable bonds is 6. The van der Waals surface area contributed by atoms with Crippen LogP contribution in [0.1, 0.15) is 60.6 Å². The van der Waals surface area contributed by atoms with Crippen LogP contribution in [0.3, 0.4) is 0 Å². The van der Waals surface area contributed by atoms with Crippen molar-refractivity contribution in [3.8, 4) is 0 Å². The Bertz CT molecular complexity index is 1270. The number of anilines is 2. The highest BCUT2D eigenvalue weighted by atomic mass is 19.3. The molecule has 5 heterocycles. The molecule has 2 aliphatic heterocycles. The molecular weight excluding hydrogens is 460 g/mol. The van der Waals surface area contributed by atoms with Crippen LogP contribution in [0.25, 0.3) is 5.65 Å². The van der Waals surface area contributed by atoms with Gasteiger partial charge in [0, 0.05) is 24.9 Å². The summed E-state index contributed by atoms with van der Waals surface area (Å²) in [7, 11) is 0. The number of carbonyl (C=O) groups excluding carboxylic acids is 2. The monoisotopic (exact) mass is 485 g/mol. The lowest BCUT2D eigenvalue weighted by molar-refractivity contribution is -0.112. The maximum Gasteiger partial charge on any atom is 0.284 e. The topological polar surface area (TPSA) is 107 Å². The molecule has 6 rings (SSSR count). The van der Waals surface area contributed by atoms with E-state index in [4.69, 9.17) is 4.74 Å². The molecule has 3 aliphatic rings. The van der Waals surface area contributed by atoms with Gasteiger partial charge < -0.3 is 19.7 Å². The van der Waals surface area contributed by atoms with Crippen molar-refractivity contribution in [2.24, 2.45) is 5.92 Å². The molecule has 1 aliphatic carbocycles. The molecule has 10 nitrogen and oxygen atoms in total. The molecule has 3 aromatic heterocycles. The van der Waals surface area contributed by atoms with Crippen LogP contribution in [0.15, 0.2) is 24.7 Å². The number of hydrogen-bond donors (Lipinski definition) is 1. The van der Waals surface area contributed by atoms with Gasteiger partial charge in [0.05, 0.1) is 36.7 Å². The van der Waals surface area contributed by atoms with E-state index in [0.29, 0.717) is 37.9 Å². The average molecular weight is 485 g/mol. The van der Waals surface area contributed by atoms with Crippen LogP contribution in [-0.4, -0.2) is 61.9 Å². The third-order valence-corrected chi connectivity index (χ3v) is 7.32. The van der Waals surface area contributed by atoms with Gasteiger partial charge in [-0.1, -0.05) is 0 Å². The van der Waals surface area contributed by atoms with Crippen molar-refractivity contribution < 1.29 is 23.1 Å². The molecule has 1 amide bonds. The fraction of sp³-hybridized carbons (Fsp3) is 0.522. The number of fused-ring (bicyclic) bond motifs is 3. The average Bonchev–Trinajstić information content (AvgIpc) is 3.66. The molecule has 12 heteroatoms. The summed E-state index contributed by atoms with van der Waals surface area (Å²) in [6, 6.07) is 2.02. The second-order valence-electron chi connectivity index (χ2n) is 9.48. The van der Waals surface area contributed by atoms with Gasteiger partial charge in [0.1, 0.15) is 17.7 Å². The summed E-state index contributed by atoms with van der Waals surface area (Å²) in [6.07, 6.45) is 6.56. The molecule has 0 spiro atoms. The lowest BCUT2D eigenvalue weighted by Gasteiger charge is -2.27. The Balaban J connectivity index is 1.25. The van der Waals surface area contributed by atoms with E-state index in [1.54, 1.807) is 6.20 Å². The first-order valence-electron chi connectivity index (χ1n) is 11.9. The zero-order valence-corrected chi connectivity index (χ0v) is 18.9. The van der Waals surface area contributed by atoms with E-state index in [1.807, 2.05) is 6.07 Å². The quantitative estimate of drug-likeness (QED) is 0.535. The van der Waals surface area contributed by atoms with Gasteiger partial charge in [0.2, 0.25) is 0 Å². The number of ether oxygens (including phenoxy) is 1. The van der Waals surface area contributed by atoms with E-state index in [9.17, 15) is 18.4 Å². The van der Waals surface area contributed by atoms with E-state index in [-0.39, 0.29) is 35.4 Å². The van der Waals surface area contributed by atoms with Crippen molar-refractivity contribution in [3.63, 3.8) is 0 Å². The third-order valence-electron chi connectivity index (χ3n) is 7.32. The second-order valence-corrected chi connectivity index (χ2v) is 9.48. The van der Waals surface area contributed by atoms with Crippen molar-refractivity contribution in [2.45, 2.75) is 56.7 Å². The van der Waals surface area contributed by atoms with Crippen LogP contribution < -0.4 is 10.2 Å². The molecule has 2 bridgehead atoms. The fourth-order valence-electron chi connectivity index (χ4n) is 5.40. The highest BCUT2D eigenvalue weighted by Gasteiger charge is 2.39. The Morgan fingerprint density at radius 2 is 2.06 bits per heavy atom. The summed E-state index contributed by atoms with van der Waals surface area (Å²) < 4.78 is 36.1. The molecule has 35 heavy (non-hydrogen) atoms. The zero-order chi connectivity index (χ0) is 24.1. The lowest BCUT2D eigenvalue weighted by Crippen LogP contribution is -2.37. The normalized spacial score (nSPS) is 26.1. The van der Waals surface area contributed by atoms with Gasteiger partial charge in [0.25, 0.3) is 12.3 Å². The number of aromatic nitrogens is 5. The number of carbonyl (C=O) groups is 2. The molecule has 1 saturated carbocycles. The van der Waals surface area contributed by atoms with E-state index in [2.05, 4.69) is 25.4 Å². The molecule has 0 unspecified atom stereocenters. The largest absolute Gasteiger partial charge is 0.374 e. The fourth-order valence-corrected chi connectivity index (χ4v) is 5.40. The predicted molar refractivity (Wildman–Crippen MR) is 121 cm³/mol. The molecular formula is C23H25F2N7O3. The summed E-state index contributed by atoms with van der Waals surface area (Å²) >= 11 is 0. The van der Waals surface area contributed by atoms with Crippen LogP contribution in [-0.2, 0) is 9.53 Å². The van der Waals surface area contributed by atoms with Gasteiger partial charge in [-0.3, -0.25) is 9.48 Å². The van der Waals surface area contributed by atoms with Crippen molar-refractivity contribution >= 4 is 29.3 Å². The molecule has 2 atom stereocenters. The van der Waals surface area contributed by atoms with Crippen LogP contribution in [0.5, 0.6) is 0 Å². The summed E-state index contributed by atoms with van der Waals surface area (Å²) in [5, 5.41) is 10.9. The Morgan fingerprint density at radius 3 is 2.74 bits per heavy atom. The Kier molecular flexibility index (Phi) is 5.47. The minimum Gasteiger partial charge on any atom is -0.374 e. The molecule has 2 saturated heterocycles. The zero-order valence-electron chi connectivity index (χ0n) is 18.9. The SMILES string of the molecule is O=C[C@H]1CC[C@H](n2cc(NC(=O)c3cnn4ccc(N5C[C@H]6C[C@@H]5CO6)nc34)c(C(F)F)n2)CC1. The van der Waals surface area contributed by atoms with Crippen molar-refractivity contribution in [1.82, 2.24) is 24.4 Å². The molecule has 0 radical (unpaired) electrons. The smallest absolute Gasteiger partial charge is 0.284 e. The Morgan fingerprint density at radius 1 is 1.23 bits per heavy atom. The minimum absolute atomic E-state index is 0.00632. The van der Waals surface area contributed by atoms with E-state index in [1.165, 1.54) is 21.6 Å². The van der Waals surface area contributed by atoms with E-state index in [0.717, 1.165) is 25.1 Å². The highest BCUT2D eigenvalue weighted by Crippen LogP contribution is 2.35. The number of amides is 1. The van der Waals surface area contributed by atoms with Crippen LogP contribution in [0.2, 0.25) is 0 Å². The molecule has 3 aromatic rings. The number of aldehydes is 1. The lowest BCUT2D eigenvalue weighted by atomic mass is 9.87. The number of alkyl halides is 2. The Hall–Kier alpha value is -3.41. The second kappa shape index (κ2) is 8.67. The number of morpholine rings is 1. The molecule has 3 fully saturated rings. The van der Waals surface area contributed by atoms with Gasteiger partial charge in [-0.2, -0.15) is 10.2 Å². The summed E-state index contributed by atoms with van der Waals surface area (Å²) in [6.45, 7) is 1.40. The number of nitrogens with one attached hydrogen (secondary N) is 1.